The lowest BCUT2D eigenvalue weighted by Gasteiger charge is -2.22. The lowest BCUT2D eigenvalue weighted by atomic mass is 10.2. The summed E-state index contributed by atoms with van der Waals surface area (Å²) in [5.74, 6) is 0.387. The van der Waals surface area contributed by atoms with E-state index in [2.05, 4.69) is 5.32 Å². The van der Waals surface area contributed by atoms with Gasteiger partial charge in [0, 0.05) is 37.6 Å². The maximum absolute atomic E-state index is 12.5. The number of nitrogens with zero attached hydrogens (tertiary/aromatic N) is 1. The van der Waals surface area contributed by atoms with E-state index < -0.39 is 11.6 Å². The molecule has 0 bridgehead atoms. The lowest BCUT2D eigenvalue weighted by molar-refractivity contribution is -0.143. The van der Waals surface area contributed by atoms with E-state index >= 15 is 0 Å². The van der Waals surface area contributed by atoms with E-state index in [1.807, 2.05) is 18.2 Å². The van der Waals surface area contributed by atoms with E-state index in [9.17, 15) is 4.79 Å². The summed E-state index contributed by atoms with van der Waals surface area (Å²) in [6, 6.07) is 5.41. The minimum absolute atomic E-state index is 0.148. The molecule has 1 N–H and O–H groups in total. The van der Waals surface area contributed by atoms with Crippen molar-refractivity contribution in [2.24, 2.45) is 0 Å². The molecule has 3 aliphatic heterocycles. The second kappa shape index (κ2) is 5.51. The number of anilines is 1. The lowest BCUT2D eigenvalue weighted by Crippen LogP contribution is -2.38. The van der Waals surface area contributed by atoms with Gasteiger partial charge in [-0.05, 0) is 25.0 Å². The number of carbonyl (C=O) groups excluding carboxylic acids is 1. The van der Waals surface area contributed by atoms with Crippen LogP contribution in [0.1, 0.15) is 32.1 Å². The molecule has 2 saturated heterocycles. The van der Waals surface area contributed by atoms with E-state index in [-0.39, 0.29) is 6.03 Å². The van der Waals surface area contributed by atoms with Crippen LogP contribution in [0.2, 0.25) is 0 Å². The van der Waals surface area contributed by atoms with Gasteiger partial charge in [0.25, 0.3) is 5.79 Å². The molecular formula is C18H22N2O5. The third-order valence-electron chi connectivity index (χ3n) is 5.45. The molecule has 1 aromatic carbocycles. The number of ether oxygens (including phenoxy) is 4. The van der Waals surface area contributed by atoms with Gasteiger partial charge in [-0.15, -0.1) is 0 Å². The molecule has 0 aromatic heterocycles. The van der Waals surface area contributed by atoms with Gasteiger partial charge < -0.3 is 29.2 Å². The standard InChI is InChI=1S/C18H22N2O5/c21-16(20-8-7-18(12-20)22-9-10-23-18)19-13-3-4-14-15(11-13)25-17(24-14)5-1-2-6-17/h3-4,11H,1-2,5-10,12H2,(H,19,21). The SMILES string of the molecule is O=C(Nc1ccc2c(c1)OC1(CCCC1)O2)N1CCC2(C1)OCCO2. The van der Waals surface area contributed by atoms with Gasteiger partial charge in [-0.25, -0.2) is 4.79 Å². The first kappa shape index (κ1) is 15.3. The van der Waals surface area contributed by atoms with Crippen LogP contribution >= 0.6 is 0 Å². The van der Waals surface area contributed by atoms with Crippen molar-refractivity contribution >= 4 is 11.7 Å². The predicted molar refractivity (Wildman–Crippen MR) is 88.7 cm³/mol. The summed E-state index contributed by atoms with van der Waals surface area (Å²) in [6.07, 6.45) is 4.79. The molecule has 5 rings (SSSR count). The van der Waals surface area contributed by atoms with Gasteiger partial charge >= 0.3 is 6.03 Å². The van der Waals surface area contributed by atoms with Crippen molar-refractivity contribution in [3.8, 4) is 11.5 Å². The van der Waals surface area contributed by atoms with Crippen LogP contribution < -0.4 is 14.8 Å². The fourth-order valence-electron chi connectivity index (χ4n) is 4.15. The van der Waals surface area contributed by atoms with Crippen molar-refractivity contribution in [1.82, 2.24) is 4.90 Å². The molecule has 0 unspecified atom stereocenters. The highest BCUT2D eigenvalue weighted by molar-refractivity contribution is 5.90. The van der Waals surface area contributed by atoms with Crippen LogP contribution in [0.5, 0.6) is 11.5 Å². The number of benzene rings is 1. The van der Waals surface area contributed by atoms with Gasteiger partial charge in [0.15, 0.2) is 17.3 Å². The van der Waals surface area contributed by atoms with Crippen molar-refractivity contribution in [3.63, 3.8) is 0 Å². The van der Waals surface area contributed by atoms with Gasteiger partial charge in [-0.3, -0.25) is 0 Å². The van der Waals surface area contributed by atoms with Crippen LogP contribution in [0.4, 0.5) is 10.5 Å². The van der Waals surface area contributed by atoms with Crippen molar-refractivity contribution < 1.29 is 23.7 Å². The van der Waals surface area contributed by atoms with Crippen LogP contribution in [-0.2, 0) is 9.47 Å². The second-order valence-corrected chi connectivity index (χ2v) is 7.19. The highest BCUT2D eigenvalue weighted by Gasteiger charge is 2.45. The smallest absolute Gasteiger partial charge is 0.322 e. The Bertz CT molecular complexity index is 695. The Hall–Kier alpha value is -1.99. The van der Waals surface area contributed by atoms with Crippen molar-refractivity contribution in [1.29, 1.82) is 0 Å². The number of urea groups is 1. The van der Waals surface area contributed by atoms with Crippen LogP contribution in [0.3, 0.4) is 0 Å². The topological polar surface area (TPSA) is 69.3 Å². The molecule has 4 aliphatic rings. The summed E-state index contributed by atoms with van der Waals surface area (Å²) in [5, 5.41) is 2.94. The number of carbonyl (C=O) groups is 1. The Balaban J connectivity index is 1.26. The Kier molecular flexibility index (Phi) is 3.36. The third kappa shape index (κ3) is 2.62. The molecule has 25 heavy (non-hydrogen) atoms. The molecule has 7 nitrogen and oxygen atoms in total. The third-order valence-corrected chi connectivity index (χ3v) is 5.45. The van der Waals surface area contributed by atoms with Gasteiger partial charge in [0.1, 0.15) is 0 Å². The number of hydrogen-bond acceptors (Lipinski definition) is 5. The Morgan fingerprint density at radius 3 is 2.56 bits per heavy atom. The van der Waals surface area contributed by atoms with Crippen molar-refractivity contribution in [2.45, 2.75) is 43.7 Å². The van der Waals surface area contributed by atoms with Gasteiger partial charge in [0.2, 0.25) is 0 Å². The fourth-order valence-corrected chi connectivity index (χ4v) is 4.15. The highest BCUT2D eigenvalue weighted by Crippen LogP contribution is 2.47. The summed E-state index contributed by atoms with van der Waals surface area (Å²) in [6.45, 7) is 2.28. The monoisotopic (exact) mass is 346 g/mol. The molecule has 7 heteroatoms. The zero-order chi connectivity index (χ0) is 16.9. The second-order valence-electron chi connectivity index (χ2n) is 7.19. The predicted octanol–water partition coefficient (Wildman–Crippen LogP) is 2.71. The number of hydrogen-bond donors (Lipinski definition) is 1. The average molecular weight is 346 g/mol. The Labute approximate surface area is 146 Å². The number of amides is 2. The summed E-state index contributed by atoms with van der Waals surface area (Å²) < 4.78 is 23.4. The first-order valence-corrected chi connectivity index (χ1v) is 9.01. The minimum Gasteiger partial charge on any atom is -0.448 e. The zero-order valence-electron chi connectivity index (χ0n) is 14.1. The molecule has 2 spiro atoms. The number of likely N-dealkylation sites (tertiary alicyclic amines) is 1. The van der Waals surface area contributed by atoms with E-state index in [0.29, 0.717) is 44.2 Å². The molecule has 3 fully saturated rings. The van der Waals surface area contributed by atoms with Gasteiger partial charge in [0.05, 0.1) is 19.8 Å². The van der Waals surface area contributed by atoms with E-state index in [1.54, 1.807) is 4.90 Å². The number of fused-ring (bicyclic) bond motifs is 1. The molecule has 2 amide bonds. The first-order valence-electron chi connectivity index (χ1n) is 9.01. The summed E-state index contributed by atoms with van der Waals surface area (Å²) in [4.78, 5) is 14.3. The molecule has 3 heterocycles. The van der Waals surface area contributed by atoms with Crippen LogP contribution in [0, 0.1) is 0 Å². The molecule has 134 valence electrons. The molecular weight excluding hydrogens is 324 g/mol. The highest BCUT2D eigenvalue weighted by atomic mass is 16.7. The largest absolute Gasteiger partial charge is 0.448 e. The Morgan fingerprint density at radius 1 is 1.00 bits per heavy atom. The summed E-state index contributed by atoms with van der Waals surface area (Å²) in [5.41, 5.74) is 0.705. The summed E-state index contributed by atoms with van der Waals surface area (Å²) >= 11 is 0. The zero-order valence-corrected chi connectivity index (χ0v) is 14.1. The minimum atomic E-state index is -0.596. The van der Waals surface area contributed by atoms with E-state index in [0.717, 1.165) is 31.4 Å². The van der Waals surface area contributed by atoms with Crippen molar-refractivity contribution in [3.05, 3.63) is 18.2 Å². The maximum atomic E-state index is 12.5. The van der Waals surface area contributed by atoms with Crippen LogP contribution in [0.25, 0.3) is 0 Å². The molecule has 0 atom stereocenters. The molecule has 1 aliphatic carbocycles. The van der Waals surface area contributed by atoms with Gasteiger partial charge in [-0.2, -0.15) is 0 Å². The molecule has 1 aromatic rings. The van der Waals surface area contributed by atoms with Crippen molar-refractivity contribution in [2.75, 3.05) is 31.6 Å². The normalized spacial score (nSPS) is 25.2. The molecule has 1 saturated carbocycles. The van der Waals surface area contributed by atoms with Crippen LogP contribution in [0.15, 0.2) is 18.2 Å². The average Bonchev–Trinajstić information content (AvgIpc) is 3.38. The summed E-state index contributed by atoms with van der Waals surface area (Å²) in [7, 11) is 0. The maximum Gasteiger partial charge on any atom is 0.322 e. The molecule has 0 radical (unpaired) electrons. The van der Waals surface area contributed by atoms with Crippen LogP contribution in [-0.4, -0.2) is 48.8 Å². The fraction of sp³-hybridized carbons (Fsp3) is 0.611. The van der Waals surface area contributed by atoms with Gasteiger partial charge in [-0.1, -0.05) is 0 Å². The number of rotatable bonds is 1. The first-order chi connectivity index (χ1) is 12.2. The number of nitrogens with one attached hydrogen (secondary N) is 1. The van der Waals surface area contributed by atoms with E-state index in [1.165, 1.54) is 0 Å². The van der Waals surface area contributed by atoms with E-state index in [4.69, 9.17) is 18.9 Å². The Morgan fingerprint density at radius 2 is 1.76 bits per heavy atom. The quantitative estimate of drug-likeness (QED) is 0.847.